The van der Waals surface area contributed by atoms with Crippen LogP contribution in [0.4, 0.5) is 10.2 Å². The standard InChI is InChI=1S/C18H28FN3O5/c1-3-4-5-6-7-8-13(24)26-15-14(19)16(27-18(15,2)11-23)22-10-9-12(20)21-17(22)25/h9-10,14-16,23H,3-8,11H2,1-2H3,(H2,20,21,25)/t14-,15+,16-,18-/m1/s1. The number of alkyl halides is 1. The fourth-order valence-corrected chi connectivity index (χ4v) is 3.11. The number of carbonyl (C=O) groups excluding carboxylic acids is 1. The molecule has 1 aliphatic heterocycles. The van der Waals surface area contributed by atoms with Gasteiger partial charge in [0.05, 0.1) is 6.61 Å². The number of ether oxygens (including phenoxy) is 2. The molecular formula is C18H28FN3O5. The van der Waals surface area contributed by atoms with Crippen LogP contribution in [-0.4, -0.2) is 45.1 Å². The maximum absolute atomic E-state index is 15.0. The molecule has 1 aromatic heterocycles. The summed E-state index contributed by atoms with van der Waals surface area (Å²) in [6.07, 6.45) is 1.68. The zero-order valence-electron chi connectivity index (χ0n) is 15.8. The molecule has 0 amide bonds. The first kappa shape index (κ1) is 21.3. The van der Waals surface area contributed by atoms with Crippen LogP contribution in [-0.2, 0) is 14.3 Å². The van der Waals surface area contributed by atoms with Gasteiger partial charge < -0.3 is 20.3 Å². The van der Waals surface area contributed by atoms with Gasteiger partial charge in [-0.25, -0.2) is 9.18 Å². The maximum atomic E-state index is 15.0. The van der Waals surface area contributed by atoms with Gasteiger partial charge in [0.2, 0.25) is 0 Å². The minimum Gasteiger partial charge on any atom is -0.456 e. The number of anilines is 1. The smallest absolute Gasteiger partial charge is 0.351 e. The van der Waals surface area contributed by atoms with Crippen molar-refractivity contribution >= 4 is 11.8 Å². The number of nitrogen functional groups attached to an aromatic ring is 1. The van der Waals surface area contributed by atoms with E-state index in [1.54, 1.807) is 0 Å². The molecule has 2 heterocycles. The van der Waals surface area contributed by atoms with Gasteiger partial charge in [-0.15, -0.1) is 0 Å². The second-order valence-corrected chi connectivity index (χ2v) is 7.04. The summed E-state index contributed by atoms with van der Waals surface area (Å²) >= 11 is 0. The van der Waals surface area contributed by atoms with Crippen molar-refractivity contribution in [2.75, 3.05) is 12.3 Å². The summed E-state index contributed by atoms with van der Waals surface area (Å²) in [5.41, 5.74) is 3.19. The molecular weight excluding hydrogens is 357 g/mol. The molecule has 1 aliphatic rings. The van der Waals surface area contributed by atoms with Crippen LogP contribution in [0, 0.1) is 0 Å². The molecule has 1 fully saturated rings. The second-order valence-electron chi connectivity index (χ2n) is 7.04. The summed E-state index contributed by atoms with van der Waals surface area (Å²) < 4.78 is 26.8. The van der Waals surface area contributed by atoms with Gasteiger partial charge in [-0.2, -0.15) is 4.98 Å². The first-order chi connectivity index (χ1) is 12.8. The van der Waals surface area contributed by atoms with E-state index in [-0.39, 0.29) is 12.2 Å². The monoisotopic (exact) mass is 385 g/mol. The number of rotatable bonds is 9. The lowest BCUT2D eigenvalue weighted by molar-refractivity contribution is -0.165. The molecule has 9 heteroatoms. The molecule has 0 aliphatic carbocycles. The van der Waals surface area contributed by atoms with Crippen molar-refractivity contribution in [3.63, 3.8) is 0 Å². The number of hydrogen-bond donors (Lipinski definition) is 2. The van der Waals surface area contributed by atoms with Crippen LogP contribution in [0.3, 0.4) is 0 Å². The summed E-state index contributed by atoms with van der Waals surface area (Å²) in [6, 6.07) is 1.34. The number of esters is 1. The van der Waals surface area contributed by atoms with E-state index >= 15 is 4.39 Å². The van der Waals surface area contributed by atoms with Crippen LogP contribution < -0.4 is 11.4 Å². The normalized spacial score (nSPS) is 27.6. The number of aliphatic hydroxyl groups is 1. The average Bonchev–Trinajstić information content (AvgIpc) is 2.87. The number of aliphatic hydroxyl groups excluding tert-OH is 1. The quantitative estimate of drug-likeness (QED) is 0.491. The third-order valence-corrected chi connectivity index (χ3v) is 4.74. The molecule has 0 bridgehead atoms. The Bertz CT molecular complexity index is 698. The third-order valence-electron chi connectivity index (χ3n) is 4.74. The molecule has 8 nitrogen and oxygen atoms in total. The first-order valence-electron chi connectivity index (χ1n) is 9.29. The van der Waals surface area contributed by atoms with E-state index in [2.05, 4.69) is 11.9 Å². The zero-order valence-corrected chi connectivity index (χ0v) is 15.8. The Hall–Kier alpha value is -2.00. The summed E-state index contributed by atoms with van der Waals surface area (Å²) in [5, 5.41) is 9.67. The average molecular weight is 385 g/mol. The van der Waals surface area contributed by atoms with Gasteiger partial charge in [0.15, 0.2) is 18.5 Å². The van der Waals surface area contributed by atoms with Gasteiger partial charge in [-0.1, -0.05) is 32.6 Å². The van der Waals surface area contributed by atoms with Crippen molar-refractivity contribution in [1.29, 1.82) is 0 Å². The summed E-state index contributed by atoms with van der Waals surface area (Å²) in [5.74, 6) is -0.550. The lowest BCUT2D eigenvalue weighted by Gasteiger charge is -2.27. The van der Waals surface area contributed by atoms with Crippen molar-refractivity contribution in [3.05, 3.63) is 22.7 Å². The summed E-state index contributed by atoms with van der Waals surface area (Å²) in [4.78, 5) is 27.6. The van der Waals surface area contributed by atoms with Gasteiger partial charge in [-0.05, 0) is 19.4 Å². The number of nitrogens with two attached hydrogens (primary N) is 1. The van der Waals surface area contributed by atoms with Crippen molar-refractivity contribution < 1.29 is 23.8 Å². The van der Waals surface area contributed by atoms with Gasteiger partial charge in [0.1, 0.15) is 11.4 Å². The molecule has 0 unspecified atom stereocenters. The van der Waals surface area contributed by atoms with Crippen molar-refractivity contribution in [3.8, 4) is 0 Å². The van der Waals surface area contributed by atoms with E-state index in [9.17, 15) is 14.7 Å². The van der Waals surface area contributed by atoms with Gasteiger partial charge >= 0.3 is 11.7 Å². The molecule has 2 rings (SSSR count). The van der Waals surface area contributed by atoms with Gasteiger partial charge in [0, 0.05) is 12.6 Å². The first-order valence-corrected chi connectivity index (χ1v) is 9.29. The van der Waals surface area contributed by atoms with Crippen molar-refractivity contribution in [2.24, 2.45) is 0 Å². The Balaban J connectivity index is 2.06. The fourth-order valence-electron chi connectivity index (χ4n) is 3.11. The lowest BCUT2D eigenvalue weighted by atomic mass is 9.99. The number of aromatic nitrogens is 2. The topological polar surface area (TPSA) is 117 Å². The van der Waals surface area contributed by atoms with Crippen molar-refractivity contribution in [2.45, 2.75) is 76.5 Å². The predicted molar refractivity (Wildman–Crippen MR) is 96.7 cm³/mol. The molecule has 3 N–H and O–H groups in total. The van der Waals surface area contributed by atoms with E-state index in [4.69, 9.17) is 15.2 Å². The fraction of sp³-hybridized carbons (Fsp3) is 0.722. The number of nitrogens with zero attached hydrogens (tertiary/aromatic N) is 2. The van der Waals surface area contributed by atoms with Gasteiger partial charge in [-0.3, -0.25) is 9.36 Å². The highest BCUT2D eigenvalue weighted by Gasteiger charge is 2.56. The molecule has 27 heavy (non-hydrogen) atoms. The Morgan fingerprint density at radius 1 is 1.44 bits per heavy atom. The number of unbranched alkanes of at least 4 members (excludes halogenated alkanes) is 4. The Labute approximate surface area is 157 Å². The molecule has 0 aromatic carbocycles. The van der Waals surface area contributed by atoms with E-state index in [1.165, 1.54) is 19.2 Å². The Morgan fingerprint density at radius 2 is 2.15 bits per heavy atom. The molecule has 1 saturated heterocycles. The highest BCUT2D eigenvalue weighted by molar-refractivity contribution is 5.69. The minimum atomic E-state index is -1.84. The Kier molecular flexibility index (Phi) is 7.32. The van der Waals surface area contributed by atoms with Crippen LogP contribution in [0.2, 0.25) is 0 Å². The maximum Gasteiger partial charge on any atom is 0.351 e. The van der Waals surface area contributed by atoms with Crippen LogP contribution in [0.1, 0.15) is 58.6 Å². The summed E-state index contributed by atoms with van der Waals surface area (Å²) in [7, 11) is 0. The van der Waals surface area contributed by atoms with Crippen LogP contribution in [0.5, 0.6) is 0 Å². The largest absolute Gasteiger partial charge is 0.456 e. The molecule has 0 saturated carbocycles. The third kappa shape index (κ3) is 5.04. The number of carbonyl (C=O) groups is 1. The predicted octanol–water partition coefficient (Wildman–Crippen LogP) is 1.72. The van der Waals surface area contributed by atoms with Crippen molar-refractivity contribution in [1.82, 2.24) is 9.55 Å². The SMILES string of the molecule is CCCCCCCC(=O)O[C@H]1[C@@H](F)[C@H](n2ccc(N)nc2=O)O[C@]1(C)CO. The van der Waals surface area contributed by atoms with E-state index in [0.29, 0.717) is 6.42 Å². The second kappa shape index (κ2) is 9.27. The van der Waals surface area contributed by atoms with Crippen LogP contribution in [0.15, 0.2) is 17.1 Å². The summed E-state index contributed by atoms with van der Waals surface area (Å²) in [6.45, 7) is 2.97. The molecule has 1 aromatic rings. The highest BCUT2D eigenvalue weighted by atomic mass is 19.1. The molecule has 152 valence electrons. The van der Waals surface area contributed by atoms with E-state index in [0.717, 1.165) is 30.3 Å². The minimum absolute atomic E-state index is 0.000579. The lowest BCUT2D eigenvalue weighted by Crippen LogP contribution is -2.45. The molecule has 4 atom stereocenters. The number of hydrogen-bond acceptors (Lipinski definition) is 7. The highest BCUT2D eigenvalue weighted by Crippen LogP contribution is 2.40. The zero-order chi connectivity index (χ0) is 20.0. The van der Waals surface area contributed by atoms with E-state index in [1.807, 2.05) is 0 Å². The van der Waals surface area contributed by atoms with Gasteiger partial charge in [0.25, 0.3) is 0 Å². The molecule has 0 spiro atoms. The Morgan fingerprint density at radius 3 is 2.78 bits per heavy atom. The number of halogens is 1. The molecule has 0 radical (unpaired) electrons. The van der Waals surface area contributed by atoms with Crippen LogP contribution >= 0.6 is 0 Å². The van der Waals surface area contributed by atoms with Crippen LogP contribution in [0.25, 0.3) is 0 Å². The van der Waals surface area contributed by atoms with E-state index < -0.39 is 42.4 Å².